The van der Waals surface area contributed by atoms with Crippen LogP contribution in [0.3, 0.4) is 0 Å². The molecule has 3 heterocycles. The van der Waals surface area contributed by atoms with E-state index in [1.807, 2.05) is 26.0 Å². The summed E-state index contributed by atoms with van der Waals surface area (Å²) in [4.78, 5) is 45.1. The highest BCUT2D eigenvalue weighted by molar-refractivity contribution is 5.98. The number of likely N-dealkylation sites (tertiary alicyclic amines) is 1. The van der Waals surface area contributed by atoms with Gasteiger partial charge in [0, 0.05) is 25.0 Å². The molecule has 0 atom stereocenters. The average Bonchev–Trinajstić information content (AvgIpc) is 3.32. The fourth-order valence-corrected chi connectivity index (χ4v) is 3.92. The van der Waals surface area contributed by atoms with E-state index in [-0.39, 0.29) is 29.4 Å². The number of benzene rings is 1. The number of para-hydroxylation sites is 2. The molecule has 0 saturated carbocycles. The second kappa shape index (κ2) is 9.21. The molecule has 0 spiro atoms. The van der Waals surface area contributed by atoms with Gasteiger partial charge in [-0.05, 0) is 51.0 Å². The molecule has 32 heavy (non-hydrogen) atoms. The highest BCUT2D eigenvalue weighted by Gasteiger charge is 2.24. The van der Waals surface area contributed by atoms with Crippen LogP contribution in [0.1, 0.15) is 35.8 Å². The molecule has 2 aromatic heterocycles. The Bertz CT molecular complexity index is 1230. The second-order valence-electron chi connectivity index (χ2n) is 7.80. The van der Waals surface area contributed by atoms with Gasteiger partial charge in [-0.25, -0.2) is 4.98 Å². The SMILES string of the molecule is CCOc1ccccc1NC(=O)Cn1cc(C(=O)N2CCCC2)c(=O)c2ccc(C)nc21. The summed E-state index contributed by atoms with van der Waals surface area (Å²) in [5.41, 5.74) is 1.35. The highest BCUT2D eigenvalue weighted by atomic mass is 16.5. The Morgan fingerprint density at radius 2 is 1.88 bits per heavy atom. The van der Waals surface area contributed by atoms with Crippen molar-refractivity contribution in [2.45, 2.75) is 33.2 Å². The Morgan fingerprint density at radius 1 is 1.12 bits per heavy atom. The minimum Gasteiger partial charge on any atom is -0.492 e. The molecule has 2 amide bonds. The van der Waals surface area contributed by atoms with Gasteiger partial charge < -0.3 is 19.5 Å². The molecule has 0 radical (unpaired) electrons. The first kappa shape index (κ1) is 21.5. The Morgan fingerprint density at radius 3 is 2.62 bits per heavy atom. The van der Waals surface area contributed by atoms with E-state index in [4.69, 9.17) is 4.74 Å². The summed E-state index contributed by atoms with van der Waals surface area (Å²) in [6.45, 7) is 5.33. The van der Waals surface area contributed by atoms with Crippen LogP contribution < -0.4 is 15.5 Å². The van der Waals surface area contributed by atoms with Crippen molar-refractivity contribution in [3.05, 3.63) is 64.1 Å². The van der Waals surface area contributed by atoms with Crippen LogP contribution in [0.15, 0.2) is 47.4 Å². The maximum absolute atomic E-state index is 13.1. The maximum Gasteiger partial charge on any atom is 0.259 e. The largest absolute Gasteiger partial charge is 0.492 e. The molecule has 0 unspecified atom stereocenters. The summed E-state index contributed by atoms with van der Waals surface area (Å²) < 4.78 is 7.15. The van der Waals surface area contributed by atoms with Gasteiger partial charge in [-0.15, -0.1) is 0 Å². The molecule has 1 N–H and O–H groups in total. The van der Waals surface area contributed by atoms with Crippen molar-refractivity contribution in [1.82, 2.24) is 14.5 Å². The number of nitrogens with zero attached hydrogens (tertiary/aromatic N) is 3. The van der Waals surface area contributed by atoms with Crippen molar-refractivity contribution in [2.75, 3.05) is 25.0 Å². The molecule has 1 fully saturated rings. The Labute approximate surface area is 185 Å². The minimum atomic E-state index is -0.359. The van der Waals surface area contributed by atoms with Crippen molar-refractivity contribution < 1.29 is 14.3 Å². The van der Waals surface area contributed by atoms with Crippen molar-refractivity contribution >= 4 is 28.5 Å². The quantitative estimate of drug-likeness (QED) is 0.644. The molecule has 1 aromatic carbocycles. The van der Waals surface area contributed by atoms with E-state index < -0.39 is 0 Å². The molecule has 4 rings (SSSR count). The smallest absolute Gasteiger partial charge is 0.259 e. The molecule has 166 valence electrons. The zero-order valence-corrected chi connectivity index (χ0v) is 18.3. The van der Waals surface area contributed by atoms with E-state index in [1.165, 1.54) is 6.20 Å². The number of hydrogen-bond donors (Lipinski definition) is 1. The van der Waals surface area contributed by atoms with E-state index in [0.717, 1.165) is 12.8 Å². The lowest BCUT2D eigenvalue weighted by Crippen LogP contribution is -2.33. The van der Waals surface area contributed by atoms with Crippen LogP contribution in [0.4, 0.5) is 5.69 Å². The van der Waals surface area contributed by atoms with Crippen LogP contribution in [0, 0.1) is 6.92 Å². The third-order valence-corrected chi connectivity index (χ3v) is 5.46. The zero-order chi connectivity index (χ0) is 22.7. The minimum absolute atomic E-state index is 0.0626. The molecular formula is C24H26N4O4. The Kier molecular flexibility index (Phi) is 6.20. The van der Waals surface area contributed by atoms with Crippen LogP contribution >= 0.6 is 0 Å². The molecule has 0 aliphatic carbocycles. The number of pyridine rings is 2. The van der Waals surface area contributed by atoms with Gasteiger partial charge in [0.15, 0.2) is 0 Å². The van der Waals surface area contributed by atoms with Gasteiger partial charge in [0.2, 0.25) is 11.3 Å². The first-order valence-electron chi connectivity index (χ1n) is 10.8. The number of aromatic nitrogens is 2. The van der Waals surface area contributed by atoms with Gasteiger partial charge in [0.05, 0.1) is 17.7 Å². The third-order valence-electron chi connectivity index (χ3n) is 5.46. The number of aryl methyl sites for hydroxylation is 1. The maximum atomic E-state index is 13.1. The number of carbonyl (C=O) groups excluding carboxylic acids is 2. The number of fused-ring (bicyclic) bond motifs is 1. The van der Waals surface area contributed by atoms with Gasteiger partial charge >= 0.3 is 0 Å². The average molecular weight is 434 g/mol. The molecule has 1 aliphatic heterocycles. The van der Waals surface area contributed by atoms with E-state index >= 15 is 0 Å². The molecule has 1 aliphatic rings. The first-order chi connectivity index (χ1) is 15.5. The van der Waals surface area contributed by atoms with Crippen molar-refractivity contribution in [2.24, 2.45) is 0 Å². The van der Waals surface area contributed by atoms with Crippen LogP contribution in [-0.4, -0.2) is 46.0 Å². The summed E-state index contributed by atoms with van der Waals surface area (Å²) in [7, 11) is 0. The monoisotopic (exact) mass is 434 g/mol. The number of rotatable bonds is 6. The highest BCUT2D eigenvalue weighted by Crippen LogP contribution is 2.24. The number of amides is 2. The van der Waals surface area contributed by atoms with E-state index in [9.17, 15) is 14.4 Å². The lowest BCUT2D eigenvalue weighted by molar-refractivity contribution is -0.116. The summed E-state index contributed by atoms with van der Waals surface area (Å²) in [5, 5.41) is 3.18. The van der Waals surface area contributed by atoms with Gasteiger partial charge in [-0.1, -0.05) is 12.1 Å². The zero-order valence-electron chi connectivity index (χ0n) is 18.3. The fraction of sp³-hybridized carbons (Fsp3) is 0.333. The van der Waals surface area contributed by atoms with Crippen molar-refractivity contribution in [3.8, 4) is 5.75 Å². The standard InChI is InChI=1S/C24H26N4O4/c1-3-32-20-9-5-4-8-19(20)26-21(29)15-28-14-18(24(31)27-12-6-7-13-27)22(30)17-11-10-16(2)25-23(17)28/h4-5,8-11,14H,3,6-7,12-13,15H2,1-2H3,(H,26,29). The molecule has 8 heteroatoms. The Hall–Kier alpha value is -3.68. The van der Waals surface area contributed by atoms with Crippen molar-refractivity contribution in [1.29, 1.82) is 0 Å². The summed E-state index contributed by atoms with van der Waals surface area (Å²) in [6, 6.07) is 10.6. The second-order valence-corrected chi connectivity index (χ2v) is 7.80. The van der Waals surface area contributed by atoms with Gasteiger partial charge in [-0.2, -0.15) is 0 Å². The van der Waals surface area contributed by atoms with Crippen LogP contribution in [0.25, 0.3) is 11.0 Å². The Balaban J connectivity index is 1.70. The summed E-state index contributed by atoms with van der Waals surface area (Å²) in [6.07, 6.45) is 3.32. The number of hydrogen-bond acceptors (Lipinski definition) is 5. The number of nitrogens with one attached hydrogen (secondary N) is 1. The predicted molar refractivity (Wildman–Crippen MR) is 122 cm³/mol. The first-order valence-corrected chi connectivity index (χ1v) is 10.8. The summed E-state index contributed by atoms with van der Waals surface area (Å²) >= 11 is 0. The molecule has 3 aromatic rings. The number of carbonyl (C=O) groups is 2. The topological polar surface area (TPSA) is 93.5 Å². The number of anilines is 1. The third kappa shape index (κ3) is 4.34. The lowest BCUT2D eigenvalue weighted by atomic mass is 10.1. The van der Waals surface area contributed by atoms with E-state index in [1.54, 1.807) is 33.7 Å². The van der Waals surface area contributed by atoms with Gasteiger partial charge in [0.25, 0.3) is 5.91 Å². The van der Waals surface area contributed by atoms with Gasteiger partial charge in [-0.3, -0.25) is 14.4 Å². The van der Waals surface area contributed by atoms with E-state index in [2.05, 4.69) is 10.3 Å². The molecule has 1 saturated heterocycles. The predicted octanol–water partition coefficient (Wildman–Crippen LogP) is 2.98. The molecule has 0 bridgehead atoms. The fourth-order valence-electron chi connectivity index (χ4n) is 3.92. The van der Waals surface area contributed by atoms with Crippen molar-refractivity contribution in [3.63, 3.8) is 0 Å². The normalized spacial score (nSPS) is 13.4. The molecular weight excluding hydrogens is 408 g/mol. The lowest BCUT2D eigenvalue weighted by Gasteiger charge is -2.18. The van der Waals surface area contributed by atoms with E-state index in [0.29, 0.717) is 47.9 Å². The molecule has 8 nitrogen and oxygen atoms in total. The number of ether oxygens (including phenoxy) is 1. The summed E-state index contributed by atoms with van der Waals surface area (Å²) in [5.74, 6) is -0.0391. The van der Waals surface area contributed by atoms with Gasteiger partial charge in [0.1, 0.15) is 23.5 Å². The van der Waals surface area contributed by atoms with Crippen LogP contribution in [0.5, 0.6) is 5.75 Å². The van der Waals surface area contributed by atoms with Crippen LogP contribution in [-0.2, 0) is 11.3 Å². The van der Waals surface area contributed by atoms with Crippen LogP contribution in [0.2, 0.25) is 0 Å².